The molecule has 6 heteroatoms. The van der Waals surface area contributed by atoms with Gasteiger partial charge in [-0.3, -0.25) is 4.79 Å². The molecular formula is C26H30O6. The highest BCUT2D eigenvalue weighted by atomic mass is 16.5. The quantitative estimate of drug-likeness (QED) is 0.253. The number of unbranched alkanes of at least 4 members (excludes halogenated alkanes) is 1. The summed E-state index contributed by atoms with van der Waals surface area (Å²) in [5.74, 6) is 1.39. The van der Waals surface area contributed by atoms with Gasteiger partial charge < -0.3 is 19.0 Å². The van der Waals surface area contributed by atoms with Gasteiger partial charge in [-0.05, 0) is 62.4 Å². The first kappa shape index (κ1) is 23.4. The highest BCUT2D eigenvalue weighted by Gasteiger charge is 2.17. The Labute approximate surface area is 187 Å². The molecule has 0 aliphatic heterocycles. The number of ketones is 1. The normalized spacial score (nSPS) is 11.2. The molecule has 3 aromatic rings. The Balaban J connectivity index is 1.48. The number of carbonyl (C=O) groups is 1. The number of phenolic OH excluding ortho intramolecular Hbond substituents is 1. The molecule has 0 atom stereocenters. The summed E-state index contributed by atoms with van der Waals surface area (Å²) in [5.41, 5.74) is 1.94. The van der Waals surface area contributed by atoms with Crippen LogP contribution in [0.25, 0.3) is 11.0 Å². The molecule has 1 heterocycles. The first-order valence-corrected chi connectivity index (χ1v) is 10.9. The largest absolute Gasteiger partial charge is 0.507 e. The molecule has 0 saturated heterocycles. The third-order valence-corrected chi connectivity index (χ3v) is 5.26. The number of benzene rings is 2. The van der Waals surface area contributed by atoms with Crippen LogP contribution >= 0.6 is 0 Å². The lowest BCUT2D eigenvalue weighted by Gasteiger charge is -2.13. The molecular weight excluding hydrogens is 408 g/mol. The second-order valence-electron chi connectivity index (χ2n) is 8.42. The van der Waals surface area contributed by atoms with Gasteiger partial charge in [0.15, 0.2) is 5.78 Å². The van der Waals surface area contributed by atoms with E-state index in [1.54, 1.807) is 25.1 Å². The van der Waals surface area contributed by atoms with Crippen molar-refractivity contribution in [2.75, 3.05) is 13.2 Å². The van der Waals surface area contributed by atoms with Gasteiger partial charge in [-0.15, -0.1) is 0 Å². The lowest BCUT2D eigenvalue weighted by Crippen LogP contribution is -2.06. The van der Waals surface area contributed by atoms with Crippen molar-refractivity contribution in [3.05, 3.63) is 63.5 Å². The van der Waals surface area contributed by atoms with Crippen LogP contribution in [0.4, 0.5) is 0 Å². The van der Waals surface area contributed by atoms with E-state index in [0.29, 0.717) is 47.8 Å². The van der Waals surface area contributed by atoms with Crippen LogP contribution in [-0.2, 0) is 0 Å². The van der Waals surface area contributed by atoms with Crippen LogP contribution in [0.3, 0.4) is 0 Å². The Kier molecular flexibility index (Phi) is 7.57. The Hall–Kier alpha value is -3.28. The number of hydrogen-bond acceptors (Lipinski definition) is 6. The Morgan fingerprint density at radius 2 is 1.75 bits per heavy atom. The summed E-state index contributed by atoms with van der Waals surface area (Å²) >= 11 is 0. The molecule has 0 spiro atoms. The second-order valence-corrected chi connectivity index (χ2v) is 8.42. The molecule has 0 saturated carbocycles. The average molecular weight is 439 g/mol. The number of aryl methyl sites for hydroxylation is 1. The maximum absolute atomic E-state index is 12.3. The van der Waals surface area contributed by atoms with Crippen molar-refractivity contribution in [1.82, 2.24) is 0 Å². The molecule has 0 radical (unpaired) electrons. The third kappa shape index (κ3) is 5.69. The number of carbonyl (C=O) groups excluding carboxylic acids is 1. The zero-order chi connectivity index (χ0) is 23.3. The number of hydrogen-bond donors (Lipinski definition) is 1. The summed E-state index contributed by atoms with van der Waals surface area (Å²) in [5, 5.41) is 11.3. The molecule has 3 rings (SSSR count). The molecule has 1 aromatic heterocycles. The van der Waals surface area contributed by atoms with E-state index in [0.717, 1.165) is 23.8 Å². The fourth-order valence-electron chi connectivity index (χ4n) is 3.52. The van der Waals surface area contributed by atoms with E-state index in [1.165, 1.54) is 6.07 Å². The zero-order valence-electron chi connectivity index (χ0n) is 19.1. The summed E-state index contributed by atoms with van der Waals surface area (Å²) < 4.78 is 16.8. The van der Waals surface area contributed by atoms with Gasteiger partial charge in [-0.25, -0.2) is 4.79 Å². The van der Waals surface area contributed by atoms with E-state index in [-0.39, 0.29) is 23.1 Å². The molecule has 0 bridgehead atoms. The van der Waals surface area contributed by atoms with Gasteiger partial charge in [-0.2, -0.15) is 0 Å². The predicted molar refractivity (Wildman–Crippen MR) is 124 cm³/mol. The molecule has 0 unspecified atom stereocenters. The summed E-state index contributed by atoms with van der Waals surface area (Å²) in [6.45, 7) is 8.54. The van der Waals surface area contributed by atoms with Gasteiger partial charge in [-0.1, -0.05) is 13.8 Å². The molecule has 1 N–H and O–H groups in total. The lowest BCUT2D eigenvalue weighted by atomic mass is 9.98. The second kappa shape index (κ2) is 10.4. The first-order chi connectivity index (χ1) is 15.3. The van der Waals surface area contributed by atoms with Crippen LogP contribution < -0.4 is 15.1 Å². The SMILES string of the molecule is Cc1c(OCCCCOc2ccc3c(C)cc(=O)oc3c2)ccc(C(=O)CC(C)C)c1O. The third-order valence-electron chi connectivity index (χ3n) is 5.26. The van der Waals surface area contributed by atoms with Crippen LogP contribution in [0.2, 0.25) is 0 Å². The van der Waals surface area contributed by atoms with E-state index in [9.17, 15) is 14.7 Å². The molecule has 32 heavy (non-hydrogen) atoms. The number of Topliss-reactive ketones (excluding diaryl/α,β-unsaturated/α-hetero) is 1. The highest BCUT2D eigenvalue weighted by molar-refractivity contribution is 5.99. The van der Waals surface area contributed by atoms with Crippen molar-refractivity contribution in [3.8, 4) is 17.2 Å². The number of rotatable bonds is 10. The van der Waals surface area contributed by atoms with Crippen molar-refractivity contribution >= 4 is 16.8 Å². The average Bonchev–Trinajstić information content (AvgIpc) is 2.72. The van der Waals surface area contributed by atoms with Crippen molar-refractivity contribution in [2.45, 2.75) is 47.0 Å². The van der Waals surface area contributed by atoms with Crippen LogP contribution in [0.15, 0.2) is 45.6 Å². The minimum atomic E-state index is -0.372. The first-order valence-electron chi connectivity index (χ1n) is 10.9. The number of aromatic hydroxyl groups is 1. The smallest absolute Gasteiger partial charge is 0.336 e. The molecule has 0 fully saturated rings. The zero-order valence-corrected chi connectivity index (χ0v) is 19.1. The standard InChI is InChI=1S/C26H30O6/c1-16(2)13-22(27)21-9-10-23(18(4)26(21)29)31-12-6-5-11-30-19-7-8-20-17(3)14-25(28)32-24(20)15-19/h7-10,14-16,29H,5-6,11-13H2,1-4H3. The monoisotopic (exact) mass is 438 g/mol. The maximum Gasteiger partial charge on any atom is 0.336 e. The Morgan fingerprint density at radius 3 is 2.47 bits per heavy atom. The molecule has 0 aliphatic rings. The van der Waals surface area contributed by atoms with Crippen molar-refractivity contribution in [2.24, 2.45) is 5.92 Å². The Morgan fingerprint density at radius 1 is 1.03 bits per heavy atom. The van der Waals surface area contributed by atoms with Gasteiger partial charge in [0.05, 0.1) is 18.8 Å². The molecule has 0 aliphatic carbocycles. The number of ether oxygens (including phenoxy) is 2. The lowest BCUT2D eigenvalue weighted by molar-refractivity contribution is 0.0965. The summed E-state index contributed by atoms with van der Waals surface area (Å²) in [4.78, 5) is 23.8. The van der Waals surface area contributed by atoms with E-state index in [2.05, 4.69) is 0 Å². The van der Waals surface area contributed by atoms with E-state index >= 15 is 0 Å². The van der Waals surface area contributed by atoms with Crippen LogP contribution in [-0.4, -0.2) is 24.1 Å². The molecule has 2 aromatic carbocycles. The van der Waals surface area contributed by atoms with Gasteiger partial charge in [0.2, 0.25) is 0 Å². The fraction of sp³-hybridized carbons (Fsp3) is 0.385. The molecule has 170 valence electrons. The predicted octanol–water partition coefficient (Wildman–Crippen LogP) is 5.58. The fourth-order valence-corrected chi connectivity index (χ4v) is 3.52. The highest BCUT2D eigenvalue weighted by Crippen LogP contribution is 2.32. The maximum atomic E-state index is 12.3. The summed E-state index contributed by atoms with van der Waals surface area (Å²) in [6.07, 6.45) is 1.93. The van der Waals surface area contributed by atoms with Crippen molar-refractivity contribution in [3.63, 3.8) is 0 Å². The summed E-state index contributed by atoms with van der Waals surface area (Å²) in [7, 11) is 0. The number of phenols is 1. The number of fused-ring (bicyclic) bond motifs is 1. The summed E-state index contributed by atoms with van der Waals surface area (Å²) in [6, 6.07) is 10.3. The van der Waals surface area contributed by atoms with Gasteiger partial charge in [0.1, 0.15) is 22.8 Å². The van der Waals surface area contributed by atoms with Crippen LogP contribution in [0, 0.1) is 19.8 Å². The Bertz CT molecular complexity index is 1160. The molecule has 6 nitrogen and oxygen atoms in total. The molecule has 0 amide bonds. The van der Waals surface area contributed by atoms with Gasteiger partial charge in [0.25, 0.3) is 0 Å². The minimum Gasteiger partial charge on any atom is -0.507 e. The van der Waals surface area contributed by atoms with E-state index in [1.807, 2.05) is 32.9 Å². The van der Waals surface area contributed by atoms with Crippen molar-refractivity contribution < 1.29 is 23.8 Å². The van der Waals surface area contributed by atoms with Crippen molar-refractivity contribution in [1.29, 1.82) is 0 Å². The minimum absolute atomic E-state index is 0.00493. The van der Waals surface area contributed by atoms with Crippen LogP contribution in [0.5, 0.6) is 17.2 Å². The van der Waals surface area contributed by atoms with Crippen LogP contribution in [0.1, 0.15) is 54.6 Å². The van der Waals surface area contributed by atoms with E-state index < -0.39 is 0 Å². The topological polar surface area (TPSA) is 86.0 Å². The van der Waals surface area contributed by atoms with Gasteiger partial charge in [0, 0.05) is 29.5 Å². The van der Waals surface area contributed by atoms with Gasteiger partial charge >= 0.3 is 5.63 Å². The van der Waals surface area contributed by atoms with E-state index in [4.69, 9.17) is 13.9 Å².